The number of amides is 1. The van der Waals surface area contributed by atoms with Gasteiger partial charge in [0.1, 0.15) is 0 Å². The van der Waals surface area contributed by atoms with E-state index in [2.05, 4.69) is 34.5 Å². The fraction of sp³-hybridized carbons (Fsp3) is 0.429. The Kier molecular flexibility index (Phi) is 4.52. The van der Waals surface area contributed by atoms with Crippen LogP contribution in [0.3, 0.4) is 0 Å². The molecule has 2 aromatic heterocycles. The summed E-state index contributed by atoms with van der Waals surface area (Å²) in [7, 11) is 0. The number of aromatic amines is 1. The Morgan fingerprint density at radius 3 is 2.81 bits per heavy atom. The van der Waals surface area contributed by atoms with E-state index in [1.165, 1.54) is 16.9 Å². The third kappa shape index (κ3) is 3.56. The van der Waals surface area contributed by atoms with Crippen LogP contribution in [0.25, 0.3) is 5.82 Å². The molecule has 0 bridgehead atoms. The minimum Gasteiger partial charge on any atom is -0.352 e. The molecular formula is C14H19N5O2. The summed E-state index contributed by atoms with van der Waals surface area (Å²) in [5.74, 6) is 0.858. The van der Waals surface area contributed by atoms with E-state index in [9.17, 15) is 9.59 Å². The van der Waals surface area contributed by atoms with Gasteiger partial charge in [0.05, 0.1) is 17.5 Å². The van der Waals surface area contributed by atoms with Gasteiger partial charge in [-0.3, -0.25) is 9.59 Å². The van der Waals surface area contributed by atoms with Crippen molar-refractivity contribution in [3.05, 3.63) is 39.9 Å². The van der Waals surface area contributed by atoms with Crippen LogP contribution in [0.15, 0.2) is 23.1 Å². The summed E-state index contributed by atoms with van der Waals surface area (Å²) in [6, 6.07) is 2.92. The Bertz CT molecular complexity index is 666. The maximum atomic E-state index is 12.1. The number of H-pyrrole nitrogens is 1. The number of aromatic nitrogens is 4. The monoisotopic (exact) mass is 289 g/mol. The summed E-state index contributed by atoms with van der Waals surface area (Å²) in [6.45, 7) is 6.64. The SMILES string of the molecule is Cc1c(C(=O)NCCC(C)C)cnn1-c1ccc(=O)[nH]n1. The number of nitrogens with one attached hydrogen (secondary N) is 2. The second-order valence-corrected chi connectivity index (χ2v) is 5.27. The lowest BCUT2D eigenvalue weighted by Gasteiger charge is -2.07. The Labute approximate surface area is 122 Å². The van der Waals surface area contributed by atoms with Crippen LogP contribution in [0, 0.1) is 12.8 Å². The van der Waals surface area contributed by atoms with Gasteiger partial charge in [-0.15, -0.1) is 0 Å². The number of nitrogens with zero attached hydrogens (tertiary/aromatic N) is 3. The molecule has 0 spiro atoms. The predicted molar refractivity (Wildman–Crippen MR) is 78.5 cm³/mol. The number of rotatable bonds is 5. The third-order valence-electron chi connectivity index (χ3n) is 3.14. The molecule has 2 N–H and O–H groups in total. The smallest absolute Gasteiger partial charge is 0.264 e. The van der Waals surface area contributed by atoms with E-state index < -0.39 is 0 Å². The molecule has 2 rings (SSSR count). The van der Waals surface area contributed by atoms with Gasteiger partial charge in [0.15, 0.2) is 5.82 Å². The van der Waals surface area contributed by atoms with Crippen LogP contribution in [0.2, 0.25) is 0 Å². The minimum atomic E-state index is -0.282. The average molecular weight is 289 g/mol. The summed E-state index contributed by atoms with van der Waals surface area (Å²) >= 11 is 0. The molecule has 1 amide bonds. The van der Waals surface area contributed by atoms with Gasteiger partial charge in [-0.1, -0.05) is 13.8 Å². The van der Waals surface area contributed by atoms with Crippen LogP contribution in [-0.2, 0) is 0 Å². The first kappa shape index (κ1) is 15.0. The second kappa shape index (κ2) is 6.34. The molecule has 0 unspecified atom stereocenters. The topological polar surface area (TPSA) is 92.7 Å². The van der Waals surface area contributed by atoms with Gasteiger partial charge in [-0.05, 0) is 25.3 Å². The molecule has 0 atom stereocenters. The van der Waals surface area contributed by atoms with Crippen molar-refractivity contribution >= 4 is 5.91 Å². The molecule has 0 aliphatic carbocycles. The highest BCUT2D eigenvalue weighted by Crippen LogP contribution is 2.11. The molecule has 0 saturated heterocycles. The van der Waals surface area contributed by atoms with E-state index in [0.29, 0.717) is 29.5 Å². The van der Waals surface area contributed by atoms with Crippen molar-refractivity contribution < 1.29 is 4.79 Å². The number of carbonyl (C=O) groups is 1. The lowest BCUT2D eigenvalue weighted by Crippen LogP contribution is -2.25. The quantitative estimate of drug-likeness (QED) is 0.860. The lowest BCUT2D eigenvalue weighted by molar-refractivity contribution is 0.0951. The Hall–Kier alpha value is -2.44. The minimum absolute atomic E-state index is 0.149. The highest BCUT2D eigenvalue weighted by molar-refractivity contribution is 5.95. The third-order valence-corrected chi connectivity index (χ3v) is 3.14. The zero-order valence-electron chi connectivity index (χ0n) is 12.4. The molecule has 21 heavy (non-hydrogen) atoms. The first-order valence-corrected chi connectivity index (χ1v) is 6.88. The molecular weight excluding hydrogens is 270 g/mol. The van der Waals surface area contributed by atoms with E-state index in [0.717, 1.165) is 6.42 Å². The Balaban J connectivity index is 2.15. The van der Waals surface area contributed by atoms with E-state index in [-0.39, 0.29) is 11.5 Å². The molecule has 2 heterocycles. The summed E-state index contributed by atoms with van der Waals surface area (Å²) in [4.78, 5) is 23.1. The van der Waals surface area contributed by atoms with E-state index in [1.54, 1.807) is 13.0 Å². The molecule has 0 fully saturated rings. The molecule has 7 heteroatoms. The fourth-order valence-corrected chi connectivity index (χ4v) is 1.89. The van der Waals surface area contributed by atoms with Crippen LogP contribution in [-0.4, -0.2) is 32.4 Å². The predicted octanol–water partition coefficient (Wildman–Crippen LogP) is 1.04. The summed E-state index contributed by atoms with van der Waals surface area (Å²) in [6.07, 6.45) is 2.44. The Morgan fingerprint density at radius 2 is 2.19 bits per heavy atom. The van der Waals surface area contributed by atoms with Crippen molar-refractivity contribution in [3.63, 3.8) is 0 Å². The first-order valence-electron chi connectivity index (χ1n) is 6.88. The van der Waals surface area contributed by atoms with Gasteiger partial charge in [0.2, 0.25) is 0 Å². The molecule has 2 aromatic rings. The highest BCUT2D eigenvalue weighted by atomic mass is 16.1. The number of hydrogen-bond donors (Lipinski definition) is 2. The first-order chi connectivity index (χ1) is 9.99. The number of hydrogen-bond acceptors (Lipinski definition) is 4. The van der Waals surface area contributed by atoms with E-state index >= 15 is 0 Å². The van der Waals surface area contributed by atoms with E-state index in [1.807, 2.05) is 0 Å². The van der Waals surface area contributed by atoms with Gasteiger partial charge in [0, 0.05) is 12.6 Å². The van der Waals surface area contributed by atoms with Crippen LogP contribution in [0.5, 0.6) is 0 Å². The molecule has 0 aliphatic rings. The van der Waals surface area contributed by atoms with Crippen molar-refractivity contribution in [1.82, 2.24) is 25.3 Å². The van der Waals surface area contributed by atoms with Crippen molar-refractivity contribution in [2.45, 2.75) is 27.2 Å². The maximum absolute atomic E-state index is 12.1. The van der Waals surface area contributed by atoms with Crippen molar-refractivity contribution in [3.8, 4) is 5.82 Å². The molecule has 112 valence electrons. The summed E-state index contributed by atoms with van der Waals surface area (Å²) in [5.41, 5.74) is 0.901. The largest absolute Gasteiger partial charge is 0.352 e. The zero-order chi connectivity index (χ0) is 15.4. The van der Waals surface area contributed by atoms with Crippen LogP contribution in [0.4, 0.5) is 0 Å². The van der Waals surface area contributed by atoms with Crippen molar-refractivity contribution in [1.29, 1.82) is 0 Å². The molecule has 0 saturated carbocycles. The lowest BCUT2D eigenvalue weighted by atomic mass is 10.1. The average Bonchev–Trinajstić information content (AvgIpc) is 2.81. The normalized spacial score (nSPS) is 10.9. The van der Waals surface area contributed by atoms with Crippen molar-refractivity contribution in [2.75, 3.05) is 6.54 Å². The van der Waals surface area contributed by atoms with Gasteiger partial charge in [-0.2, -0.15) is 10.2 Å². The van der Waals surface area contributed by atoms with Crippen LogP contribution < -0.4 is 10.9 Å². The van der Waals surface area contributed by atoms with Gasteiger partial charge < -0.3 is 5.32 Å². The van der Waals surface area contributed by atoms with E-state index in [4.69, 9.17) is 0 Å². The maximum Gasteiger partial charge on any atom is 0.264 e. The Morgan fingerprint density at radius 1 is 1.43 bits per heavy atom. The summed E-state index contributed by atoms with van der Waals surface area (Å²) < 4.78 is 1.52. The second-order valence-electron chi connectivity index (χ2n) is 5.27. The fourth-order valence-electron chi connectivity index (χ4n) is 1.89. The van der Waals surface area contributed by atoms with Crippen LogP contribution >= 0.6 is 0 Å². The standard InChI is InChI=1S/C14H19N5O2/c1-9(2)6-7-15-14(21)11-8-16-19(10(11)3)12-4-5-13(20)18-17-12/h4-5,8-9H,6-7H2,1-3H3,(H,15,21)(H,18,20). The molecule has 0 aromatic carbocycles. The van der Waals surface area contributed by atoms with Crippen LogP contribution in [0.1, 0.15) is 36.3 Å². The summed E-state index contributed by atoms with van der Waals surface area (Å²) in [5, 5.41) is 13.3. The molecule has 0 aliphatic heterocycles. The highest BCUT2D eigenvalue weighted by Gasteiger charge is 2.15. The van der Waals surface area contributed by atoms with Gasteiger partial charge in [-0.25, -0.2) is 9.78 Å². The molecule has 7 nitrogen and oxygen atoms in total. The van der Waals surface area contributed by atoms with Gasteiger partial charge >= 0.3 is 0 Å². The van der Waals surface area contributed by atoms with Crippen molar-refractivity contribution in [2.24, 2.45) is 5.92 Å². The van der Waals surface area contributed by atoms with Gasteiger partial charge in [0.25, 0.3) is 11.5 Å². The molecule has 0 radical (unpaired) electrons. The zero-order valence-corrected chi connectivity index (χ0v) is 12.4. The number of carbonyl (C=O) groups excluding carboxylic acids is 1.